The molecule has 0 unspecified atom stereocenters. The molecule has 0 radical (unpaired) electrons. The van der Waals surface area contributed by atoms with Crippen molar-refractivity contribution in [2.24, 2.45) is 0 Å². The zero-order valence-electron chi connectivity index (χ0n) is 17.6. The number of carbonyl (C=O) groups excluding carboxylic acids is 1. The molecule has 9 heteroatoms. The number of rotatable bonds is 4. The van der Waals surface area contributed by atoms with Gasteiger partial charge in [0.1, 0.15) is 0 Å². The van der Waals surface area contributed by atoms with Crippen LogP contribution in [-0.4, -0.2) is 57.7 Å². The average Bonchev–Trinajstić information content (AvgIpc) is 3.21. The van der Waals surface area contributed by atoms with Gasteiger partial charge in [-0.2, -0.15) is 5.10 Å². The monoisotopic (exact) mass is 433 g/mol. The van der Waals surface area contributed by atoms with Gasteiger partial charge in [-0.1, -0.05) is 12.1 Å². The second-order valence-corrected chi connectivity index (χ2v) is 8.11. The molecule has 9 nitrogen and oxygen atoms in total. The van der Waals surface area contributed by atoms with Gasteiger partial charge in [-0.25, -0.2) is 4.79 Å². The lowest BCUT2D eigenvalue weighted by Crippen LogP contribution is -2.52. The molecule has 164 valence electrons. The molecule has 4 heterocycles. The quantitative estimate of drug-likeness (QED) is 0.679. The average molecular weight is 433 g/mol. The van der Waals surface area contributed by atoms with Crippen molar-refractivity contribution in [3.63, 3.8) is 0 Å². The van der Waals surface area contributed by atoms with Crippen molar-refractivity contribution in [3.05, 3.63) is 60.7 Å². The van der Waals surface area contributed by atoms with Crippen molar-refractivity contribution in [1.29, 1.82) is 0 Å². The fourth-order valence-electron chi connectivity index (χ4n) is 4.17. The highest BCUT2D eigenvalue weighted by molar-refractivity contribution is 6.04. The highest BCUT2D eigenvalue weighted by atomic mass is 16.5. The summed E-state index contributed by atoms with van der Waals surface area (Å²) in [5, 5.41) is 14.2. The van der Waals surface area contributed by atoms with Gasteiger partial charge in [0, 0.05) is 30.2 Å². The standard InChI is InChI=1S/C23H23N5O4/c1-15-11-26(23(30)31)21-8-16(17-10-25-27(12-17)19-13-32-14-19)5-6-20(21)28(15)22(29)9-18-4-2-3-7-24-18/h2-8,10,12,15,19H,9,11,13-14H2,1H3,(H,30,31)/t15-/m0/s1. The first-order chi connectivity index (χ1) is 15.5. The summed E-state index contributed by atoms with van der Waals surface area (Å²) in [6.45, 7) is 3.33. The van der Waals surface area contributed by atoms with E-state index in [1.54, 1.807) is 23.4 Å². The number of pyridine rings is 1. The van der Waals surface area contributed by atoms with Crippen molar-refractivity contribution in [3.8, 4) is 11.1 Å². The van der Waals surface area contributed by atoms with Crippen LogP contribution in [0.15, 0.2) is 55.0 Å². The third-order valence-electron chi connectivity index (χ3n) is 5.90. The van der Waals surface area contributed by atoms with E-state index in [2.05, 4.69) is 10.1 Å². The molecule has 3 aromatic rings. The maximum absolute atomic E-state index is 13.2. The summed E-state index contributed by atoms with van der Waals surface area (Å²) in [4.78, 5) is 32.4. The molecule has 2 amide bonds. The molecule has 1 fully saturated rings. The summed E-state index contributed by atoms with van der Waals surface area (Å²) < 4.78 is 7.10. The second kappa shape index (κ2) is 8.08. The first-order valence-corrected chi connectivity index (χ1v) is 10.5. The van der Waals surface area contributed by atoms with Gasteiger partial charge in [0.15, 0.2) is 0 Å². The van der Waals surface area contributed by atoms with Crippen LogP contribution in [0.4, 0.5) is 16.2 Å². The Labute approximate surface area is 184 Å². The Balaban J connectivity index is 1.50. The minimum atomic E-state index is -1.05. The molecule has 0 aliphatic carbocycles. The van der Waals surface area contributed by atoms with Crippen LogP contribution in [-0.2, 0) is 16.0 Å². The molecule has 32 heavy (non-hydrogen) atoms. The molecule has 5 rings (SSSR count). The number of nitrogens with zero attached hydrogens (tertiary/aromatic N) is 5. The molecule has 1 N–H and O–H groups in total. The van der Waals surface area contributed by atoms with Crippen LogP contribution in [0.5, 0.6) is 0 Å². The van der Waals surface area contributed by atoms with Gasteiger partial charge in [0.05, 0.1) is 49.3 Å². The maximum atomic E-state index is 13.2. The minimum Gasteiger partial charge on any atom is -0.465 e. The number of carbonyl (C=O) groups is 2. The number of fused-ring (bicyclic) bond motifs is 1. The predicted molar refractivity (Wildman–Crippen MR) is 118 cm³/mol. The summed E-state index contributed by atoms with van der Waals surface area (Å²) in [6, 6.07) is 10.9. The second-order valence-electron chi connectivity index (χ2n) is 8.11. The molecule has 0 bridgehead atoms. The van der Waals surface area contributed by atoms with Crippen LogP contribution in [0.1, 0.15) is 18.7 Å². The summed E-state index contributed by atoms with van der Waals surface area (Å²) in [6.07, 6.45) is 4.46. The highest BCUT2D eigenvalue weighted by Crippen LogP contribution is 2.39. The van der Waals surface area contributed by atoms with Crippen molar-refractivity contribution in [1.82, 2.24) is 14.8 Å². The van der Waals surface area contributed by atoms with E-state index in [0.29, 0.717) is 30.3 Å². The van der Waals surface area contributed by atoms with Gasteiger partial charge >= 0.3 is 6.09 Å². The van der Waals surface area contributed by atoms with Crippen LogP contribution in [0.25, 0.3) is 11.1 Å². The summed E-state index contributed by atoms with van der Waals surface area (Å²) in [5.74, 6) is -0.118. The number of ether oxygens (including phenoxy) is 1. The fourth-order valence-corrected chi connectivity index (χ4v) is 4.17. The van der Waals surface area contributed by atoms with Gasteiger partial charge in [0.2, 0.25) is 5.91 Å². The molecule has 1 atom stereocenters. The lowest BCUT2D eigenvalue weighted by Gasteiger charge is -2.40. The Hall–Kier alpha value is -3.72. The summed E-state index contributed by atoms with van der Waals surface area (Å²) in [5.41, 5.74) is 3.47. The molecule has 1 aromatic carbocycles. The van der Waals surface area contributed by atoms with Crippen LogP contribution in [0, 0.1) is 0 Å². The lowest BCUT2D eigenvalue weighted by atomic mass is 10.0. The van der Waals surface area contributed by atoms with Gasteiger partial charge in [-0.15, -0.1) is 0 Å². The number of hydrogen-bond acceptors (Lipinski definition) is 5. The van der Waals surface area contributed by atoms with Crippen molar-refractivity contribution in [2.75, 3.05) is 29.6 Å². The third kappa shape index (κ3) is 3.60. The predicted octanol–water partition coefficient (Wildman–Crippen LogP) is 2.98. The number of anilines is 2. The molecule has 0 saturated carbocycles. The first-order valence-electron chi connectivity index (χ1n) is 10.5. The maximum Gasteiger partial charge on any atom is 0.411 e. The van der Waals surface area contributed by atoms with Crippen LogP contribution in [0.3, 0.4) is 0 Å². The number of benzene rings is 1. The van der Waals surface area contributed by atoms with E-state index in [9.17, 15) is 14.7 Å². The Morgan fingerprint density at radius 2 is 2.00 bits per heavy atom. The highest BCUT2D eigenvalue weighted by Gasteiger charge is 2.35. The molecular formula is C23H23N5O4. The normalized spacial score (nSPS) is 18.2. The molecule has 2 aliphatic heterocycles. The number of amides is 2. The van der Waals surface area contributed by atoms with Gasteiger partial charge in [-0.3, -0.25) is 19.4 Å². The van der Waals surface area contributed by atoms with Crippen molar-refractivity contribution in [2.45, 2.75) is 25.4 Å². The molecule has 0 spiro atoms. The van der Waals surface area contributed by atoms with E-state index in [-0.39, 0.29) is 31.0 Å². The molecule has 1 saturated heterocycles. The van der Waals surface area contributed by atoms with E-state index in [0.717, 1.165) is 11.1 Å². The SMILES string of the molecule is C[C@H]1CN(C(=O)O)c2cc(-c3cnn(C4COC4)c3)ccc2N1C(=O)Cc1ccccn1. The molecular weight excluding hydrogens is 410 g/mol. The van der Waals surface area contributed by atoms with E-state index in [4.69, 9.17) is 4.74 Å². The van der Waals surface area contributed by atoms with E-state index >= 15 is 0 Å². The van der Waals surface area contributed by atoms with Gasteiger partial charge < -0.3 is 14.7 Å². The number of aromatic nitrogens is 3. The summed E-state index contributed by atoms with van der Waals surface area (Å²) >= 11 is 0. The zero-order chi connectivity index (χ0) is 22.2. The Kier molecular flexibility index (Phi) is 5.10. The van der Waals surface area contributed by atoms with Crippen LogP contribution >= 0.6 is 0 Å². The molecule has 2 aliphatic rings. The Bertz CT molecular complexity index is 1160. The number of carboxylic acid groups (broad SMARTS) is 1. The van der Waals surface area contributed by atoms with Gasteiger partial charge in [0.25, 0.3) is 0 Å². The minimum absolute atomic E-state index is 0.118. The fraction of sp³-hybridized carbons (Fsp3) is 0.304. The Morgan fingerprint density at radius 1 is 1.16 bits per heavy atom. The smallest absolute Gasteiger partial charge is 0.411 e. The Morgan fingerprint density at radius 3 is 2.69 bits per heavy atom. The topological polar surface area (TPSA) is 101 Å². The van der Waals surface area contributed by atoms with Crippen molar-refractivity contribution >= 4 is 23.4 Å². The van der Waals surface area contributed by atoms with Crippen LogP contribution < -0.4 is 9.80 Å². The number of hydrogen-bond donors (Lipinski definition) is 1. The van der Waals surface area contributed by atoms with Gasteiger partial charge in [-0.05, 0) is 36.8 Å². The first kappa shape index (κ1) is 20.2. The largest absolute Gasteiger partial charge is 0.465 e. The van der Waals surface area contributed by atoms with Crippen LogP contribution in [0.2, 0.25) is 0 Å². The molecule has 2 aromatic heterocycles. The van der Waals surface area contributed by atoms with Crippen molar-refractivity contribution < 1.29 is 19.4 Å². The zero-order valence-corrected chi connectivity index (χ0v) is 17.6. The van der Waals surface area contributed by atoms with E-state index < -0.39 is 6.09 Å². The third-order valence-corrected chi connectivity index (χ3v) is 5.90. The van der Waals surface area contributed by atoms with E-state index in [1.165, 1.54) is 4.90 Å². The lowest BCUT2D eigenvalue weighted by molar-refractivity contribution is -0.118. The summed E-state index contributed by atoms with van der Waals surface area (Å²) in [7, 11) is 0. The van der Waals surface area contributed by atoms with E-state index in [1.807, 2.05) is 48.1 Å².